The molecule has 0 saturated carbocycles. The van der Waals surface area contributed by atoms with Gasteiger partial charge < -0.3 is 14.9 Å². The lowest BCUT2D eigenvalue weighted by Gasteiger charge is -2.32. The lowest BCUT2D eigenvalue weighted by molar-refractivity contribution is -0.147. The molecule has 0 aromatic heterocycles. The molecule has 1 heterocycles. The van der Waals surface area contributed by atoms with Gasteiger partial charge in [0.2, 0.25) is 11.8 Å². The van der Waals surface area contributed by atoms with Crippen LogP contribution < -0.4 is 0 Å². The number of rotatable bonds is 7. The van der Waals surface area contributed by atoms with Crippen LogP contribution in [0.15, 0.2) is 36.4 Å². The minimum Gasteiger partial charge on any atom is -0.481 e. The summed E-state index contributed by atoms with van der Waals surface area (Å²) >= 11 is 0. The van der Waals surface area contributed by atoms with Crippen LogP contribution in [-0.4, -0.2) is 59.4 Å². The molecule has 2 amide bonds. The quantitative estimate of drug-likeness (QED) is 0.811. The molecule has 1 atom stereocenters. The number of allylic oxidation sites excluding steroid dienone is 1. The van der Waals surface area contributed by atoms with E-state index in [1.54, 1.807) is 11.9 Å². The normalized spacial score (nSPS) is 17.3. The van der Waals surface area contributed by atoms with Crippen molar-refractivity contribution in [1.82, 2.24) is 9.80 Å². The molecule has 140 valence electrons. The third-order valence-electron chi connectivity index (χ3n) is 4.56. The predicted molar refractivity (Wildman–Crippen MR) is 99.3 cm³/mol. The van der Waals surface area contributed by atoms with Crippen LogP contribution in [0.25, 0.3) is 6.08 Å². The minimum atomic E-state index is -0.864. The van der Waals surface area contributed by atoms with Crippen molar-refractivity contribution in [3.63, 3.8) is 0 Å². The highest BCUT2D eigenvalue weighted by Gasteiger charge is 2.28. The Morgan fingerprint density at radius 3 is 2.69 bits per heavy atom. The monoisotopic (exact) mass is 358 g/mol. The number of amides is 2. The van der Waals surface area contributed by atoms with Gasteiger partial charge in [0.05, 0.1) is 12.5 Å². The first-order valence-corrected chi connectivity index (χ1v) is 8.93. The van der Waals surface area contributed by atoms with Crippen LogP contribution in [0, 0.1) is 5.92 Å². The zero-order valence-corrected chi connectivity index (χ0v) is 15.1. The van der Waals surface area contributed by atoms with Gasteiger partial charge in [-0.05, 0) is 24.8 Å². The molecule has 1 aliphatic rings. The molecule has 6 heteroatoms. The Bertz CT molecular complexity index is 657. The summed E-state index contributed by atoms with van der Waals surface area (Å²) in [5.41, 5.74) is 1.08. The Hall–Kier alpha value is -2.63. The molecule has 2 rings (SSSR count). The topological polar surface area (TPSA) is 77.9 Å². The largest absolute Gasteiger partial charge is 0.481 e. The maximum Gasteiger partial charge on any atom is 0.308 e. The number of carbonyl (C=O) groups excluding carboxylic acids is 2. The fourth-order valence-corrected chi connectivity index (χ4v) is 2.98. The summed E-state index contributed by atoms with van der Waals surface area (Å²) in [6, 6.07) is 9.85. The van der Waals surface area contributed by atoms with Crippen molar-refractivity contribution in [3.05, 3.63) is 42.0 Å². The Balaban J connectivity index is 1.74. The molecular formula is C20H26N2O4. The molecule has 0 bridgehead atoms. The molecule has 26 heavy (non-hydrogen) atoms. The first-order chi connectivity index (χ1) is 12.5. The Kier molecular flexibility index (Phi) is 7.38. The highest BCUT2D eigenvalue weighted by molar-refractivity contribution is 5.85. The highest BCUT2D eigenvalue weighted by atomic mass is 16.4. The number of nitrogens with zero attached hydrogens (tertiary/aromatic N) is 2. The minimum absolute atomic E-state index is 0.00638. The van der Waals surface area contributed by atoms with E-state index in [0.717, 1.165) is 5.56 Å². The maximum absolute atomic E-state index is 12.3. The van der Waals surface area contributed by atoms with E-state index in [4.69, 9.17) is 5.11 Å². The van der Waals surface area contributed by atoms with Gasteiger partial charge in [-0.25, -0.2) is 0 Å². The van der Waals surface area contributed by atoms with Gasteiger partial charge >= 0.3 is 5.97 Å². The molecule has 0 aliphatic carbocycles. The first-order valence-electron chi connectivity index (χ1n) is 8.93. The van der Waals surface area contributed by atoms with Crippen LogP contribution in [0.4, 0.5) is 0 Å². The second-order valence-corrected chi connectivity index (χ2v) is 6.62. The van der Waals surface area contributed by atoms with Crippen molar-refractivity contribution < 1.29 is 19.5 Å². The number of benzene rings is 1. The molecule has 1 N–H and O–H groups in total. The van der Waals surface area contributed by atoms with Crippen LogP contribution >= 0.6 is 0 Å². The molecule has 1 fully saturated rings. The average Bonchev–Trinajstić information content (AvgIpc) is 2.65. The Labute approximate surface area is 154 Å². The SMILES string of the molecule is CN(CC(=O)N1CCCC(C(=O)O)C1)C(=O)CC/C=C/c1ccccc1. The number of likely N-dealkylation sites (tertiary alicyclic amines) is 1. The highest BCUT2D eigenvalue weighted by Crippen LogP contribution is 2.17. The second-order valence-electron chi connectivity index (χ2n) is 6.62. The fraction of sp³-hybridized carbons (Fsp3) is 0.450. The van der Waals surface area contributed by atoms with Crippen LogP contribution in [0.3, 0.4) is 0 Å². The standard InChI is InChI=1S/C20H26N2O4/c1-21(15-19(24)22-13-7-11-17(14-22)20(25)26)18(23)12-6-5-10-16-8-3-2-4-9-16/h2-5,8-10,17H,6-7,11-15H2,1H3,(H,25,26)/b10-5+. The van der Waals surface area contributed by atoms with Crippen molar-refractivity contribution in [2.75, 3.05) is 26.7 Å². The number of carbonyl (C=O) groups is 3. The van der Waals surface area contributed by atoms with Gasteiger partial charge in [-0.15, -0.1) is 0 Å². The Morgan fingerprint density at radius 1 is 1.27 bits per heavy atom. The first kappa shape index (κ1) is 19.7. The fourth-order valence-electron chi connectivity index (χ4n) is 2.98. The number of aliphatic carboxylic acids is 1. The van der Waals surface area contributed by atoms with E-state index in [0.29, 0.717) is 32.2 Å². The molecule has 0 radical (unpaired) electrons. The average molecular weight is 358 g/mol. The molecular weight excluding hydrogens is 332 g/mol. The van der Waals surface area contributed by atoms with Crippen molar-refractivity contribution in [1.29, 1.82) is 0 Å². The lowest BCUT2D eigenvalue weighted by atomic mass is 9.98. The summed E-state index contributed by atoms with van der Waals surface area (Å²) in [5, 5.41) is 9.10. The summed E-state index contributed by atoms with van der Waals surface area (Å²) < 4.78 is 0. The van der Waals surface area contributed by atoms with E-state index in [2.05, 4.69) is 0 Å². The number of hydrogen-bond donors (Lipinski definition) is 1. The van der Waals surface area contributed by atoms with Crippen LogP contribution in [0.2, 0.25) is 0 Å². The molecule has 1 aliphatic heterocycles. The van der Waals surface area contributed by atoms with Crippen molar-refractivity contribution in [3.8, 4) is 0 Å². The molecule has 0 spiro atoms. The summed E-state index contributed by atoms with van der Waals surface area (Å²) in [7, 11) is 1.61. The summed E-state index contributed by atoms with van der Waals surface area (Å²) in [5.74, 6) is -1.65. The number of hydrogen-bond acceptors (Lipinski definition) is 3. The molecule has 1 aromatic rings. The van der Waals surface area contributed by atoms with E-state index in [9.17, 15) is 14.4 Å². The zero-order chi connectivity index (χ0) is 18.9. The van der Waals surface area contributed by atoms with Gasteiger partial charge in [-0.2, -0.15) is 0 Å². The van der Waals surface area contributed by atoms with Gasteiger partial charge in [0.25, 0.3) is 0 Å². The number of piperidine rings is 1. The van der Waals surface area contributed by atoms with E-state index < -0.39 is 11.9 Å². The zero-order valence-electron chi connectivity index (χ0n) is 15.1. The third kappa shape index (κ3) is 6.02. The summed E-state index contributed by atoms with van der Waals surface area (Å²) in [6.07, 6.45) is 6.15. The molecule has 6 nitrogen and oxygen atoms in total. The molecule has 1 aromatic carbocycles. The van der Waals surface area contributed by atoms with Crippen molar-refractivity contribution >= 4 is 23.9 Å². The van der Waals surface area contributed by atoms with Crippen molar-refractivity contribution in [2.45, 2.75) is 25.7 Å². The maximum atomic E-state index is 12.3. The van der Waals surface area contributed by atoms with Crippen molar-refractivity contribution in [2.24, 2.45) is 5.92 Å². The Morgan fingerprint density at radius 2 is 2.00 bits per heavy atom. The molecule has 1 saturated heterocycles. The van der Waals surface area contributed by atoms with Gasteiger partial charge in [-0.3, -0.25) is 14.4 Å². The second kappa shape index (κ2) is 9.75. The van der Waals surface area contributed by atoms with E-state index in [1.165, 1.54) is 4.90 Å². The smallest absolute Gasteiger partial charge is 0.308 e. The lowest BCUT2D eigenvalue weighted by Crippen LogP contribution is -2.46. The van der Waals surface area contributed by atoms with Gasteiger partial charge in [0.1, 0.15) is 0 Å². The third-order valence-corrected chi connectivity index (χ3v) is 4.56. The summed E-state index contributed by atoms with van der Waals surface area (Å²) in [4.78, 5) is 38.6. The summed E-state index contributed by atoms with van der Waals surface area (Å²) in [6.45, 7) is 0.786. The number of carboxylic acids is 1. The van der Waals surface area contributed by atoms with E-state index in [-0.39, 0.29) is 24.9 Å². The van der Waals surface area contributed by atoms with E-state index >= 15 is 0 Å². The molecule has 1 unspecified atom stereocenters. The van der Waals surface area contributed by atoms with Crippen LogP contribution in [-0.2, 0) is 14.4 Å². The predicted octanol–water partition coefficient (Wildman–Crippen LogP) is 2.26. The van der Waals surface area contributed by atoms with Gasteiger partial charge in [-0.1, -0.05) is 42.5 Å². The number of likely N-dealkylation sites (N-methyl/N-ethyl adjacent to an activating group) is 1. The van der Waals surface area contributed by atoms with Gasteiger partial charge in [0, 0.05) is 26.6 Å². The number of carboxylic acid groups (broad SMARTS) is 1. The van der Waals surface area contributed by atoms with Crippen LogP contribution in [0.1, 0.15) is 31.2 Å². The van der Waals surface area contributed by atoms with E-state index in [1.807, 2.05) is 42.5 Å². The van der Waals surface area contributed by atoms with Gasteiger partial charge in [0.15, 0.2) is 0 Å². The van der Waals surface area contributed by atoms with Crippen LogP contribution in [0.5, 0.6) is 0 Å².